The van der Waals surface area contributed by atoms with Crippen molar-refractivity contribution in [1.29, 1.82) is 0 Å². The summed E-state index contributed by atoms with van der Waals surface area (Å²) >= 11 is 7.33. The molecule has 3 aromatic carbocycles. The second-order valence-corrected chi connectivity index (χ2v) is 13.3. The van der Waals surface area contributed by atoms with Crippen LogP contribution < -0.4 is 0 Å². The third-order valence-electron chi connectivity index (χ3n) is 5.73. The van der Waals surface area contributed by atoms with Gasteiger partial charge < -0.3 is 0 Å². The Bertz CT molecular complexity index is 1540. The summed E-state index contributed by atoms with van der Waals surface area (Å²) in [5, 5.41) is 3.20. The molecule has 0 saturated heterocycles. The van der Waals surface area contributed by atoms with E-state index in [2.05, 4.69) is 0 Å². The van der Waals surface area contributed by atoms with Gasteiger partial charge in [0.05, 0.1) is 21.2 Å². The zero-order chi connectivity index (χ0) is 25.9. The smallest absolute Gasteiger partial charge is 0.236 e. The molecule has 4 aromatic rings. The molecule has 0 atom stereocenters. The Morgan fingerprint density at radius 1 is 0.778 bits per heavy atom. The largest absolute Gasteiger partial charge is 0.243 e. The molecule has 36 heavy (non-hydrogen) atoms. The SMILES string of the molecule is CCN(CC)S(=O)(=O)c1ccc(-c2csc(-c3ccc(CS(=O)(=O)c4ccc(Cl)cc4)cc3)n2)cc1. The van der Waals surface area contributed by atoms with E-state index in [1.54, 1.807) is 48.5 Å². The van der Waals surface area contributed by atoms with E-state index in [1.807, 2.05) is 31.4 Å². The third-order valence-corrected chi connectivity index (χ3v) is 10.6. The highest BCUT2D eigenvalue weighted by molar-refractivity contribution is 7.90. The summed E-state index contributed by atoms with van der Waals surface area (Å²) < 4.78 is 52.2. The van der Waals surface area contributed by atoms with E-state index in [1.165, 1.54) is 27.8 Å². The molecule has 0 saturated carbocycles. The van der Waals surface area contributed by atoms with Crippen LogP contribution in [-0.4, -0.2) is 39.2 Å². The lowest BCUT2D eigenvalue weighted by Gasteiger charge is -2.18. The lowest BCUT2D eigenvalue weighted by molar-refractivity contribution is 0.445. The average Bonchev–Trinajstić information content (AvgIpc) is 3.36. The Balaban J connectivity index is 1.49. The van der Waals surface area contributed by atoms with E-state index in [0.717, 1.165) is 21.8 Å². The van der Waals surface area contributed by atoms with Gasteiger partial charge in [-0.25, -0.2) is 21.8 Å². The van der Waals surface area contributed by atoms with Crippen molar-refractivity contribution >= 4 is 42.8 Å². The fraction of sp³-hybridized carbons (Fsp3) is 0.192. The predicted octanol–water partition coefficient (Wildman–Crippen LogP) is 6.13. The molecule has 0 amide bonds. The monoisotopic (exact) mass is 560 g/mol. The Morgan fingerprint density at radius 3 is 1.92 bits per heavy atom. The molecule has 10 heteroatoms. The molecule has 1 heterocycles. The molecule has 0 N–H and O–H groups in total. The average molecular weight is 561 g/mol. The normalized spacial score (nSPS) is 12.2. The number of hydrogen-bond acceptors (Lipinski definition) is 6. The van der Waals surface area contributed by atoms with Gasteiger partial charge in [-0.1, -0.05) is 61.8 Å². The van der Waals surface area contributed by atoms with Crippen molar-refractivity contribution in [2.24, 2.45) is 0 Å². The maximum atomic E-state index is 12.7. The van der Waals surface area contributed by atoms with Crippen molar-refractivity contribution < 1.29 is 16.8 Å². The van der Waals surface area contributed by atoms with Gasteiger partial charge in [-0.05, 0) is 42.0 Å². The molecular formula is C26H25ClN2O4S3. The second-order valence-electron chi connectivity index (χ2n) is 8.06. The van der Waals surface area contributed by atoms with E-state index in [0.29, 0.717) is 23.7 Å². The number of sulfonamides is 1. The van der Waals surface area contributed by atoms with Crippen LogP contribution >= 0.6 is 22.9 Å². The van der Waals surface area contributed by atoms with E-state index < -0.39 is 19.9 Å². The fourth-order valence-corrected chi connectivity index (χ4v) is 7.51. The van der Waals surface area contributed by atoms with Gasteiger partial charge in [0.2, 0.25) is 10.0 Å². The van der Waals surface area contributed by atoms with E-state index >= 15 is 0 Å². The lowest BCUT2D eigenvalue weighted by Crippen LogP contribution is -2.30. The number of aromatic nitrogens is 1. The zero-order valence-electron chi connectivity index (χ0n) is 19.8. The van der Waals surface area contributed by atoms with Gasteiger partial charge in [-0.3, -0.25) is 0 Å². The summed E-state index contributed by atoms with van der Waals surface area (Å²) in [6, 6.07) is 20.2. The van der Waals surface area contributed by atoms with Gasteiger partial charge in [0.15, 0.2) is 9.84 Å². The quantitative estimate of drug-likeness (QED) is 0.246. The van der Waals surface area contributed by atoms with Crippen LogP contribution in [0.5, 0.6) is 0 Å². The maximum Gasteiger partial charge on any atom is 0.243 e. The van der Waals surface area contributed by atoms with Gasteiger partial charge in [-0.2, -0.15) is 4.31 Å². The standard InChI is InChI=1S/C26H25ClN2O4S3/c1-3-29(4-2)36(32,33)24-13-9-20(10-14-24)25-17-34-26(28-25)21-7-5-19(6-8-21)18-35(30,31)23-15-11-22(27)12-16-23/h5-17H,3-4,18H2,1-2H3. The first kappa shape index (κ1) is 26.5. The van der Waals surface area contributed by atoms with Crippen LogP contribution in [0.2, 0.25) is 5.02 Å². The highest BCUT2D eigenvalue weighted by Crippen LogP contribution is 2.30. The molecule has 0 aliphatic carbocycles. The van der Waals surface area contributed by atoms with Gasteiger partial charge in [-0.15, -0.1) is 11.3 Å². The molecule has 0 fully saturated rings. The van der Waals surface area contributed by atoms with Crippen molar-refractivity contribution in [1.82, 2.24) is 9.29 Å². The van der Waals surface area contributed by atoms with Crippen molar-refractivity contribution in [3.63, 3.8) is 0 Å². The Hall–Kier alpha value is -2.56. The first-order valence-corrected chi connectivity index (χ1v) is 15.6. The molecular weight excluding hydrogens is 536 g/mol. The van der Waals surface area contributed by atoms with Crippen LogP contribution in [0.25, 0.3) is 21.8 Å². The third kappa shape index (κ3) is 5.71. The van der Waals surface area contributed by atoms with Gasteiger partial charge in [0, 0.05) is 34.6 Å². The highest BCUT2D eigenvalue weighted by Gasteiger charge is 2.21. The summed E-state index contributed by atoms with van der Waals surface area (Å²) in [5.41, 5.74) is 3.12. The van der Waals surface area contributed by atoms with Gasteiger partial charge in [0.25, 0.3) is 0 Å². The number of hydrogen-bond donors (Lipinski definition) is 0. The Labute approximate surface area is 221 Å². The van der Waals surface area contributed by atoms with Crippen molar-refractivity contribution in [3.8, 4) is 21.8 Å². The first-order chi connectivity index (χ1) is 17.1. The fourth-order valence-electron chi connectivity index (χ4n) is 3.74. The molecule has 0 aliphatic rings. The van der Waals surface area contributed by atoms with Crippen LogP contribution in [0.1, 0.15) is 19.4 Å². The lowest BCUT2D eigenvalue weighted by atomic mass is 10.1. The Kier molecular flexibility index (Phi) is 7.96. The molecule has 0 aliphatic heterocycles. The van der Waals surface area contributed by atoms with E-state index in [9.17, 15) is 16.8 Å². The van der Waals surface area contributed by atoms with Crippen molar-refractivity contribution in [3.05, 3.63) is 88.8 Å². The van der Waals surface area contributed by atoms with Crippen LogP contribution in [0, 0.1) is 0 Å². The minimum Gasteiger partial charge on any atom is -0.236 e. The molecule has 0 unspecified atom stereocenters. The number of nitrogens with zero attached hydrogens (tertiary/aromatic N) is 2. The van der Waals surface area contributed by atoms with Gasteiger partial charge in [0.1, 0.15) is 5.01 Å². The molecule has 0 spiro atoms. The summed E-state index contributed by atoms with van der Waals surface area (Å²) in [4.78, 5) is 5.19. The van der Waals surface area contributed by atoms with Gasteiger partial charge >= 0.3 is 0 Å². The van der Waals surface area contributed by atoms with Crippen LogP contribution in [0.4, 0.5) is 0 Å². The summed E-state index contributed by atoms with van der Waals surface area (Å²) in [7, 11) is -6.99. The minimum absolute atomic E-state index is 0.110. The molecule has 0 radical (unpaired) electrons. The molecule has 4 rings (SSSR count). The van der Waals surface area contributed by atoms with Crippen molar-refractivity contribution in [2.45, 2.75) is 29.4 Å². The van der Waals surface area contributed by atoms with E-state index in [4.69, 9.17) is 16.6 Å². The predicted molar refractivity (Wildman–Crippen MR) is 145 cm³/mol. The molecule has 1 aromatic heterocycles. The number of rotatable bonds is 9. The summed E-state index contributed by atoms with van der Waals surface area (Å²) in [6.07, 6.45) is 0. The molecule has 0 bridgehead atoms. The maximum absolute atomic E-state index is 12.7. The molecule has 6 nitrogen and oxygen atoms in total. The van der Waals surface area contributed by atoms with E-state index in [-0.39, 0.29) is 15.5 Å². The highest BCUT2D eigenvalue weighted by atomic mass is 35.5. The number of benzene rings is 3. The van der Waals surface area contributed by atoms with Crippen LogP contribution in [0.15, 0.2) is 88.0 Å². The topological polar surface area (TPSA) is 84.4 Å². The van der Waals surface area contributed by atoms with Crippen molar-refractivity contribution in [2.75, 3.05) is 13.1 Å². The van der Waals surface area contributed by atoms with Crippen LogP contribution in [0.3, 0.4) is 0 Å². The summed E-state index contributed by atoms with van der Waals surface area (Å²) in [5.74, 6) is -0.110. The minimum atomic E-state index is -3.51. The molecule has 188 valence electrons. The second kappa shape index (κ2) is 10.8. The summed E-state index contributed by atoms with van der Waals surface area (Å²) in [6.45, 7) is 4.47. The Morgan fingerprint density at radius 2 is 1.33 bits per heavy atom. The number of sulfone groups is 1. The first-order valence-electron chi connectivity index (χ1n) is 11.3. The number of halogens is 1. The zero-order valence-corrected chi connectivity index (χ0v) is 23.0. The van der Waals surface area contributed by atoms with Crippen LogP contribution in [-0.2, 0) is 25.6 Å². The number of thiazole rings is 1.